The zero-order chi connectivity index (χ0) is 22.8. The Morgan fingerprint density at radius 3 is 2.56 bits per heavy atom. The van der Waals surface area contributed by atoms with E-state index < -0.39 is 41.3 Å². The fourth-order valence-electron chi connectivity index (χ4n) is 5.54. The number of nitrogens with one attached hydrogen (secondary N) is 2. The minimum atomic E-state index is -1.45. The lowest BCUT2D eigenvalue weighted by molar-refractivity contribution is -0.143. The van der Waals surface area contributed by atoms with E-state index in [0.29, 0.717) is 22.7 Å². The Bertz CT molecular complexity index is 1140. The quantitative estimate of drug-likeness (QED) is 0.615. The first-order valence-corrected chi connectivity index (χ1v) is 11.1. The Balaban J connectivity index is 1.58. The number of aryl methyl sites for hydroxylation is 1. The van der Waals surface area contributed by atoms with Crippen LogP contribution in [0.1, 0.15) is 23.6 Å². The summed E-state index contributed by atoms with van der Waals surface area (Å²) in [7, 11) is 0. The van der Waals surface area contributed by atoms with Gasteiger partial charge in [0.05, 0.1) is 17.9 Å². The maximum atomic E-state index is 13.6. The predicted molar refractivity (Wildman–Crippen MR) is 119 cm³/mol. The second-order valence-corrected chi connectivity index (χ2v) is 9.32. The number of fused-ring (bicyclic) bond motifs is 4. The number of amides is 3. The van der Waals surface area contributed by atoms with Crippen LogP contribution in [-0.2, 0) is 26.3 Å². The molecule has 0 aromatic heterocycles. The molecule has 8 heteroatoms. The van der Waals surface area contributed by atoms with Crippen LogP contribution in [0.4, 0.5) is 5.69 Å². The zero-order valence-electron chi connectivity index (χ0n) is 17.8. The molecule has 2 saturated heterocycles. The van der Waals surface area contributed by atoms with E-state index in [2.05, 4.69) is 10.6 Å². The van der Waals surface area contributed by atoms with Crippen LogP contribution in [0, 0.1) is 18.8 Å². The van der Waals surface area contributed by atoms with Crippen LogP contribution in [0.25, 0.3) is 0 Å². The number of aliphatic hydroxyl groups excluding tert-OH is 1. The molecule has 5 atom stereocenters. The van der Waals surface area contributed by atoms with Gasteiger partial charge in [0.2, 0.25) is 17.7 Å². The number of nitrogens with zero attached hydrogens (tertiary/aromatic N) is 1. The number of benzene rings is 2. The normalized spacial score (nSPS) is 29.4. The van der Waals surface area contributed by atoms with Gasteiger partial charge in [0, 0.05) is 28.9 Å². The highest BCUT2D eigenvalue weighted by Gasteiger charge is 2.71. The molecule has 7 nitrogen and oxygen atoms in total. The summed E-state index contributed by atoms with van der Waals surface area (Å²) in [5, 5.41) is 17.0. The van der Waals surface area contributed by atoms with Gasteiger partial charge < -0.3 is 10.4 Å². The average Bonchev–Trinajstić information content (AvgIpc) is 3.34. The Kier molecular flexibility index (Phi) is 4.89. The molecule has 1 spiro atoms. The first-order chi connectivity index (χ1) is 15.3. The topological polar surface area (TPSA) is 98.7 Å². The van der Waals surface area contributed by atoms with E-state index in [-0.39, 0.29) is 12.5 Å². The third kappa shape index (κ3) is 2.85. The van der Waals surface area contributed by atoms with Crippen molar-refractivity contribution in [1.29, 1.82) is 0 Å². The first-order valence-electron chi connectivity index (χ1n) is 10.7. The van der Waals surface area contributed by atoms with Crippen molar-refractivity contribution in [2.45, 2.75) is 38.0 Å². The number of anilines is 1. The summed E-state index contributed by atoms with van der Waals surface area (Å²) in [5.41, 5.74) is 1.48. The van der Waals surface area contributed by atoms with Crippen LogP contribution in [0.2, 0.25) is 5.02 Å². The van der Waals surface area contributed by atoms with E-state index in [1.54, 1.807) is 19.1 Å². The van der Waals surface area contributed by atoms with Crippen molar-refractivity contribution in [2.24, 2.45) is 11.8 Å². The van der Waals surface area contributed by atoms with Gasteiger partial charge in [0.1, 0.15) is 5.54 Å². The highest BCUT2D eigenvalue weighted by Crippen LogP contribution is 2.54. The number of halogens is 1. The Morgan fingerprint density at radius 1 is 1.16 bits per heavy atom. The van der Waals surface area contributed by atoms with Crippen molar-refractivity contribution in [3.8, 4) is 0 Å². The second kappa shape index (κ2) is 7.40. The molecule has 3 aliphatic rings. The summed E-state index contributed by atoms with van der Waals surface area (Å²) in [6, 6.07) is 12.3. The number of hydrogen-bond acceptors (Lipinski definition) is 5. The number of hydrogen-bond donors (Lipinski definition) is 3. The van der Waals surface area contributed by atoms with Crippen LogP contribution in [0.3, 0.4) is 0 Å². The lowest BCUT2D eigenvalue weighted by atomic mass is 9.76. The number of carbonyl (C=O) groups excluding carboxylic acids is 3. The minimum absolute atomic E-state index is 0.223. The van der Waals surface area contributed by atoms with Gasteiger partial charge in [-0.25, -0.2) is 0 Å². The molecule has 3 N–H and O–H groups in total. The zero-order valence-corrected chi connectivity index (χ0v) is 18.5. The van der Waals surface area contributed by atoms with Crippen molar-refractivity contribution in [3.63, 3.8) is 0 Å². The lowest BCUT2D eigenvalue weighted by Crippen LogP contribution is -2.55. The maximum Gasteiger partial charge on any atom is 0.250 e. The molecule has 0 unspecified atom stereocenters. The summed E-state index contributed by atoms with van der Waals surface area (Å²) < 4.78 is 0. The van der Waals surface area contributed by atoms with E-state index in [0.717, 1.165) is 11.1 Å². The molecule has 2 aromatic carbocycles. The smallest absolute Gasteiger partial charge is 0.250 e. The molecule has 5 rings (SSSR count). The number of carbonyl (C=O) groups is 3. The van der Waals surface area contributed by atoms with E-state index in [1.807, 2.05) is 37.3 Å². The van der Waals surface area contributed by atoms with Gasteiger partial charge in [-0.15, -0.1) is 0 Å². The van der Waals surface area contributed by atoms with Crippen molar-refractivity contribution < 1.29 is 19.5 Å². The molecule has 3 aliphatic heterocycles. The molecule has 32 heavy (non-hydrogen) atoms. The standard InChI is InChI=1S/C24H24ClN3O4/c1-12-10-15(25)11-16-19(12)26-23(32)24(16)18-17(20(27-24)13(2)29)21(30)28(22(18)31)9-8-14-6-4-3-5-7-14/h3-7,10-11,13,17-18,20,27,29H,8-9H2,1-2H3,(H,26,32)/t13-,17+,18-,20-,24+/m1/s1. The van der Waals surface area contributed by atoms with E-state index in [9.17, 15) is 19.5 Å². The molecule has 0 radical (unpaired) electrons. The van der Waals surface area contributed by atoms with Crippen molar-refractivity contribution in [1.82, 2.24) is 10.2 Å². The molecule has 0 saturated carbocycles. The van der Waals surface area contributed by atoms with Crippen molar-refractivity contribution in [3.05, 3.63) is 64.2 Å². The third-order valence-electron chi connectivity index (χ3n) is 7.00. The van der Waals surface area contributed by atoms with Crippen LogP contribution in [0.15, 0.2) is 42.5 Å². The number of imide groups is 1. The molecule has 3 heterocycles. The van der Waals surface area contributed by atoms with Crippen molar-refractivity contribution >= 4 is 35.0 Å². The lowest BCUT2D eigenvalue weighted by Gasteiger charge is -2.30. The molecule has 0 aliphatic carbocycles. The number of rotatable bonds is 4. The highest BCUT2D eigenvalue weighted by atomic mass is 35.5. The van der Waals surface area contributed by atoms with Crippen LogP contribution in [0.5, 0.6) is 0 Å². The summed E-state index contributed by atoms with van der Waals surface area (Å²) >= 11 is 6.31. The maximum absolute atomic E-state index is 13.6. The van der Waals surface area contributed by atoms with Gasteiger partial charge in [-0.1, -0.05) is 41.9 Å². The fraction of sp³-hybridized carbons (Fsp3) is 0.375. The Labute approximate surface area is 190 Å². The first kappa shape index (κ1) is 21.1. The number of likely N-dealkylation sites (tertiary alicyclic amines) is 1. The molecule has 2 fully saturated rings. The van der Waals surface area contributed by atoms with Gasteiger partial charge >= 0.3 is 0 Å². The fourth-order valence-corrected chi connectivity index (χ4v) is 5.82. The van der Waals surface area contributed by atoms with Gasteiger partial charge in [-0.05, 0) is 43.5 Å². The summed E-state index contributed by atoms with van der Waals surface area (Å²) in [6.45, 7) is 3.62. The summed E-state index contributed by atoms with van der Waals surface area (Å²) in [4.78, 5) is 41.7. The highest BCUT2D eigenvalue weighted by molar-refractivity contribution is 6.31. The molecule has 3 amide bonds. The van der Waals surface area contributed by atoms with Crippen LogP contribution >= 0.6 is 11.6 Å². The summed E-state index contributed by atoms with van der Waals surface area (Å²) in [5.74, 6) is -2.95. The van der Waals surface area contributed by atoms with E-state index in [4.69, 9.17) is 11.6 Å². The van der Waals surface area contributed by atoms with Gasteiger partial charge in [0.15, 0.2) is 0 Å². The largest absolute Gasteiger partial charge is 0.392 e. The van der Waals surface area contributed by atoms with Crippen molar-refractivity contribution in [2.75, 3.05) is 11.9 Å². The van der Waals surface area contributed by atoms with E-state index >= 15 is 0 Å². The summed E-state index contributed by atoms with van der Waals surface area (Å²) in [6.07, 6.45) is -0.421. The monoisotopic (exact) mass is 453 g/mol. The van der Waals surface area contributed by atoms with Gasteiger partial charge in [-0.2, -0.15) is 0 Å². The molecular weight excluding hydrogens is 430 g/mol. The van der Waals surface area contributed by atoms with E-state index in [1.165, 1.54) is 4.90 Å². The molecule has 166 valence electrons. The Morgan fingerprint density at radius 2 is 1.88 bits per heavy atom. The van der Waals surface area contributed by atoms with Gasteiger partial charge in [0.25, 0.3) is 0 Å². The van der Waals surface area contributed by atoms with Crippen LogP contribution in [-0.4, -0.2) is 46.4 Å². The van der Waals surface area contributed by atoms with Gasteiger partial charge in [-0.3, -0.25) is 24.6 Å². The molecular formula is C24H24ClN3O4. The van der Waals surface area contributed by atoms with Crippen LogP contribution < -0.4 is 10.6 Å². The number of aliphatic hydroxyl groups is 1. The SMILES string of the molecule is Cc1cc(Cl)cc2c1NC(=O)[C@]21N[C@H]([C@@H](C)O)[C@H]2C(=O)N(CCc3ccccc3)C(=O)[C@@H]21. The third-order valence-corrected chi connectivity index (χ3v) is 7.22. The minimum Gasteiger partial charge on any atom is -0.392 e. The average molecular weight is 454 g/mol. The second-order valence-electron chi connectivity index (χ2n) is 8.89. The molecule has 0 bridgehead atoms. The Hall–Kier alpha value is -2.74. The molecule has 2 aromatic rings. The predicted octanol–water partition coefficient (Wildman–Crippen LogP) is 1.99.